The highest BCUT2D eigenvalue weighted by atomic mass is 32.2. The van der Waals surface area contributed by atoms with Gasteiger partial charge >= 0.3 is 0 Å². The Labute approximate surface area is 180 Å². The second-order valence-corrected chi connectivity index (χ2v) is 10.6. The molecule has 0 radical (unpaired) electrons. The molecule has 1 fully saturated rings. The monoisotopic (exact) mass is 447 g/mol. The number of nitrogens with one attached hydrogen (secondary N) is 2. The highest BCUT2D eigenvalue weighted by Crippen LogP contribution is 2.39. The number of fused-ring (bicyclic) bond motifs is 1. The molecule has 2 aromatic rings. The van der Waals surface area contributed by atoms with Crippen molar-refractivity contribution in [3.63, 3.8) is 0 Å². The Hall–Kier alpha value is -2.23. The molecule has 2 aliphatic rings. The van der Waals surface area contributed by atoms with Gasteiger partial charge in [0.2, 0.25) is 10.0 Å². The average molecular weight is 448 g/mol. The quantitative estimate of drug-likeness (QED) is 0.736. The molecule has 4 rings (SSSR count). The van der Waals surface area contributed by atoms with Gasteiger partial charge in [0.1, 0.15) is 5.00 Å². The van der Waals surface area contributed by atoms with Crippen molar-refractivity contribution in [2.45, 2.75) is 43.4 Å². The zero-order valence-corrected chi connectivity index (χ0v) is 18.5. The van der Waals surface area contributed by atoms with Crippen LogP contribution in [0.3, 0.4) is 0 Å². The molecule has 0 unspecified atom stereocenters. The summed E-state index contributed by atoms with van der Waals surface area (Å²) in [5.41, 5.74) is 1.93. The topological polar surface area (TPSA) is 95.6 Å². The van der Waals surface area contributed by atoms with Crippen LogP contribution >= 0.6 is 11.3 Å². The number of carbonyl (C=O) groups excluding carboxylic acids is 2. The summed E-state index contributed by atoms with van der Waals surface area (Å²) in [6.07, 6.45) is 5.58. The number of hydrogen-bond donors (Lipinski definition) is 2. The van der Waals surface area contributed by atoms with Crippen LogP contribution in [0.15, 0.2) is 29.2 Å². The van der Waals surface area contributed by atoms with Crippen LogP contribution in [0.2, 0.25) is 0 Å². The van der Waals surface area contributed by atoms with Gasteiger partial charge in [-0.15, -0.1) is 11.3 Å². The highest BCUT2D eigenvalue weighted by Gasteiger charge is 2.28. The SMILES string of the molecule is CNC(=O)c1c(NC(=O)c2ccc(S(=O)(=O)N3CCCCC3)cc2)sc2c1CCC2. The smallest absolute Gasteiger partial charge is 0.256 e. The first kappa shape index (κ1) is 21.0. The second kappa shape index (κ2) is 8.49. The van der Waals surface area contributed by atoms with Crippen molar-refractivity contribution in [2.24, 2.45) is 0 Å². The zero-order chi connectivity index (χ0) is 21.3. The molecule has 0 saturated carbocycles. The lowest BCUT2D eigenvalue weighted by molar-refractivity contribution is 0.0963. The van der Waals surface area contributed by atoms with E-state index in [-0.39, 0.29) is 16.7 Å². The largest absolute Gasteiger partial charge is 0.355 e. The van der Waals surface area contributed by atoms with Gasteiger partial charge in [0.25, 0.3) is 11.8 Å². The number of amides is 2. The van der Waals surface area contributed by atoms with Gasteiger partial charge in [0, 0.05) is 30.6 Å². The van der Waals surface area contributed by atoms with Crippen molar-refractivity contribution < 1.29 is 18.0 Å². The molecule has 0 spiro atoms. The van der Waals surface area contributed by atoms with Gasteiger partial charge in [-0.1, -0.05) is 6.42 Å². The molecule has 2 N–H and O–H groups in total. The van der Waals surface area contributed by atoms with E-state index in [9.17, 15) is 18.0 Å². The van der Waals surface area contributed by atoms with E-state index in [1.54, 1.807) is 7.05 Å². The summed E-state index contributed by atoms with van der Waals surface area (Å²) >= 11 is 1.45. The van der Waals surface area contributed by atoms with Gasteiger partial charge in [-0.05, 0) is 61.9 Å². The van der Waals surface area contributed by atoms with Crippen LogP contribution < -0.4 is 10.6 Å². The standard InChI is InChI=1S/C21H25N3O4S2/c1-22-20(26)18-16-6-5-7-17(16)29-21(18)23-19(25)14-8-10-15(11-9-14)30(27,28)24-12-3-2-4-13-24/h8-11H,2-7,12-13H2,1H3,(H,22,26)(H,23,25). The Balaban J connectivity index is 1.53. The van der Waals surface area contributed by atoms with Crippen LogP contribution in [-0.4, -0.2) is 44.7 Å². The molecular formula is C21H25N3O4S2. The van der Waals surface area contributed by atoms with Crippen LogP contribution in [0.5, 0.6) is 0 Å². The number of benzene rings is 1. The fourth-order valence-electron chi connectivity index (χ4n) is 4.07. The van der Waals surface area contributed by atoms with E-state index in [0.717, 1.165) is 49.0 Å². The Bertz CT molecular complexity index is 1070. The summed E-state index contributed by atoms with van der Waals surface area (Å²) < 4.78 is 27.1. The van der Waals surface area contributed by atoms with E-state index in [4.69, 9.17) is 0 Å². The molecule has 30 heavy (non-hydrogen) atoms. The van der Waals surface area contributed by atoms with E-state index in [1.807, 2.05) is 0 Å². The molecule has 1 aromatic heterocycles. The van der Waals surface area contributed by atoms with Crippen LogP contribution in [0, 0.1) is 0 Å². The molecule has 0 bridgehead atoms. The molecule has 1 aliphatic carbocycles. The van der Waals surface area contributed by atoms with Gasteiger partial charge in [0.15, 0.2) is 0 Å². The number of carbonyl (C=O) groups is 2. The van der Waals surface area contributed by atoms with Crippen LogP contribution in [-0.2, 0) is 22.9 Å². The number of anilines is 1. The third kappa shape index (κ3) is 3.89. The van der Waals surface area contributed by atoms with E-state index in [1.165, 1.54) is 39.9 Å². The lowest BCUT2D eigenvalue weighted by Gasteiger charge is -2.25. The van der Waals surface area contributed by atoms with Gasteiger partial charge in [-0.3, -0.25) is 9.59 Å². The first-order valence-corrected chi connectivity index (χ1v) is 12.5. The Morgan fingerprint density at radius 1 is 0.967 bits per heavy atom. The Kier molecular flexibility index (Phi) is 5.95. The van der Waals surface area contributed by atoms with E-state index in [0.29, 0.717) is 29.2 Å². The molecule has 1 saturated heterocycles. The van der Waals surface area contributed by atoms with Crippen LogP contribution in [0.1, 0.15) is 56.8 Å². The van der Waals surface area contributed by atoms with Crippen LogP contribution in [0.4, 0.5) is 5.00 Å². The fraction of sp³-hybridized carbons (Fsp3) is 0.429. The molecule has 2 heterocycles. The van der Waals surface area contributed by atoms with Gasteiger partial charge in [-0.2, -0.15) is 4.31 Å². The molecular weight excluding hydrogens is 422 g/mol. The Morgan fingerprint density at radius 2 is 1.67 bits per heavy atom. The van der Waals surface area contributed by atoms with Crippen molar-refractivity contribution in [3.8, 4) is 0 Å². The van der Waals surface area contributed by atoms with Gasteiger partial charge in [0.05, 0.1) is 10.5 Å². The van der Waals surface area contributed by atoms with Crippen LogP contribution in [0.25, 0.3) is 0 Å². The van der Waals surface area contributed by atoms with Crippen molar-refractivity contribution in [3.05, 3.63) is 45.8 Å². The van der Waals surface area contributed by atoms with Gasteiger partial charge in [-0.25, -0.2) is 8.42 Å². The summed E-state index contributed by atoms with van der Waals surface area (Å²) in [5.74, 6) is -0.560. The minimum absolute atomic E-state index is 0.196. The summed E-state index contributed by atoms with van der Waals surface area (Å²) in [4.78, 5) is 26.5. The summed E-state index contributed by atoms with van der Waals surface area (Å²) in [6, 6.07) is 6.00. The lowest BCUT2D eigenvalue weighted by atomic mass is 10.1. The van der Waals surface area contributed by atoms with Crippen molar-refractivity contribution in [1.82, 2.24) is 9.62 Å². The van der Waals surface area contributed by atoms with E-state index >= 15 is 0 Å². The minimum Gasteiger partial charge on any atom is -0.355 e. The zero-order valence-electron chi connectivity index (χ0n) is 16.9. The molecule has 1 aliphatic heterocycles. The second-order valence-electron chi connectivity index (χ2n) is 7.58. The third-order valence-corrected chi connectivity index (χ3v) is 8.79. The Morgan fingerprint density at radius 3 is 2.33 bits per heavy atom. The first-order chi connectivity index (χ1) is 14.4. The van der Waals surface area contributed by atoms with Crippen molar-refractivity contribution >= 4 is 38.2 Å². The molecule has 1 aromatic carbocycles. The normalized spacial score (nSPS) is 16.8. The minimum atomic E-state index is -3.53. The van der Waals surface area contributed by atoms with E-state index in [2.05, 4.69) is 10.6 Å². The molecule has 0 atom stereocenters. The predicted octanol–water partition coefficient (Wildman–Crippen LogP) is 3.02. The maximum absolute atomic E-state index is 12.8. The van der Waals surface area contributed by atoms with Crippen molar-refractivity contribution in [2.75, 3.05) is 25.5 Å². The molecule has 2 amide bonds. The maximum Gasteiger partial charge on any atom is 0.256 e. The molecule has 9 heteroatoms. The number of nitrogens with zero attached hydrogens (tertiary/aromatic N) is 1. The number of hydrogen-bond acceptors (Lipinski definition) is 5. The summed E-state index contributed by atoms with van der Waals surface area (Å²) in [5, 5.41) is 6.05. The maximum atomic E-state index is 12.8. The predicted molar refractivity (Wildman–Crippen MR) is 117 cm³/mol. The summed E-state index contributed by atoms with van der Waals surface area (Å²) in [7, 11) is -1.95. The molecule has 160 valence electrons. The number of aryl methyl sites for hydroxylation is 1. The summed E-state index contributed by atoms with van der Waals surface area (Å²) in [6.45, 7) is 1.08. The average Bonchev–Trinajstić information content (AvgIpc) is 3.34. The number of sulfonamides is 1. The van der Waals surface area contributed by atoms with Crippen molar-refractivity contribution in [1.29, 1.82) is 0 Å². The first-order valence-electron chi connectivity index (χ1n) is 10.2. The highest BCUT2D eigenvalue weighted by molar-refractivity contribution is 7.89. The fourth-order valence-corrected chi connectivity index (χ4v) is 6.86. The lowest BCUT2D eigenvalue weighted by Crippen LogP contribution is -2.35. The number of thiophene rings is 1. The van der Waals surface area contributed by atoms with E-state index < -0.39 is 10.0 Å². The number of rotatable bonds is 5. The third-order valence-electron chi connectivity index (χ3n) is 5.67. The number of piperidine rings is 1. The van der Waals surface area contributed by atoms with Gasteiger partial charge < -0.3 is 10.6 Å². The molecule has 7 nitrogen and oxygen atoms in total.